The number of hydrogen-bond acceptors (Lipinski definition) is 4. The molecule has 3 aromatic carbocycles. The molecule has 0 fully saturated rings. The molecule has 0 aliphatic heterocycles. The number of rotatable bonds is 10. The molecule has 0 unspecified atom stereocenters. The van der Waals surface area contributed by atoms with E-state index in [0.29, 0.717) is 19.4 Å². The lowest BCUT2D eigenvalue weighted by atomic mass is 10.0. The molecule has 34 heavy (non-hydrogen) atoms. The number of carbonyl (C=O) groups excluding carboxylic acids is 1. The van der Waals surface area contributed by atoms with E-state index in [2.05, 4.69) is 41.4 Å². The summed E-state index contributed by atoms with van der Waals surface area (Å²) in [6.07, 6.45) is 3.85. The van der Waals surface area contributed by atoms with Crippen molar-refractivity contribution in [3.63, 3.8) is 0 Å². The molecule has 2 atom stereocenters. The van der Waals surface area contributed by atoms with E-state index in [9.17, 15) is 9.90 Å². The molecular formula is C28H29N3O3. The summed E-state index contributed by atoms with van der Waals surface area (Å²) in [6.45, 7) is 2.20. The number of ether oxygens (including phenoxy) is 1. The Morgan fingerprint density at radius 2 is 1.68 bits per heavy atom. The highest BCUT2D eigenvalue weighted by molar-refractivity contribution is 5.90. The number of imidazole rings is 1. The number of para-hydroxylation sites is 1. The maximum Gasteiger partial charge on any atom is 0.268 e. The van der Waals surface area contributed by atoms with Gasteiger partial charge in [-0.1, -0.05) is 72.8 Å². The second-order valence-corrected chi connectivity index (χ2v) is 8.38. The first-order chi connectivity index (χ1) is 16.5. The number of aromatic nitrogens is 2. The number of carbonyl (C=O) groups is 1. The number of aliphatic hydroxyl groups excluding tert-OH is 1. The fourth-order valence-corrected chi connectivity index (χ4v) is 4.02. The molecule has 0 aliphatic carbocycles. The summed E-state index contributed by atoms with van der Waals surface area (Å²) in [4.78, 5) is 15.4. The molecule has 0 saturated heterocycles. The lowest BCUT2D eigenvalue weighted by Gasteiger charge is -2.22. The number of benzene rings is 3. The Morgan fingerprint density at radius 3 is 2.35 bits per heavy atom. The second-order valence-electron chi connectivity index (χ2n) is 8.38. The van der Waals surface area contributed by atoms with Crippen LogP contribution in [0.4, 0.5) is 0 Å². The van der Waals surface area contributed by atoms with Crippen LogP contribution in [0.15, 0.2) is 91.4 Å². The quantitative estimate of drug-likeness (QED) is 0.360. The highest BCUT2D eigenvalue weighted by Crippen LogP contribution is 2.26. The molecule has 1 aromatic heterocycles. The topological polar surface area (TPSA) is 90.4 Å². The minimum absolute atomic E-state index is 0.188. The summed E-state index contributed by atoms with van der Waals surface area (Å²) in [5.41, 5.74) is 10.0. The van der Waals surface area contributed by atoms with Gasteiger partial charge in [0.05, 0.1) is 18.5 Å². The zero-order valence-electron chi connectivity index (χ0n) is 19.2. The van der Waals surface area contributed by atoms with Crippen LogP contribution in [0.1, 0.15) is 41.0 Å². The first kappa shape index (κ1) is 23.3. The predicted molar refractivity (Wildman–Crippen MR) is 132 cm³/mol. The lowest BCUT2D eigenvalue weighted by Crippen LogP contribution is -2.21. The first-order valence-electron chi connectivity index (χ1n) is 11.4. The first-order valence-corrected chi connectivity index (χ1v) is 11.4. The Morgan fingerprint density at radius 1 is 1.00 bits per heavy atom. The normalized spacial score (nSPS) is 12.8. The molecule has 174 valence electrons. The second kappa shape index (κ2) is 10.8. The van der Waals surface area contributed by atoms with Crippen molar-refractivity contribution in [3.05, 3.63) is 108 Å². The third kappa shape index (κ3) is 5.71. The third-order valence-electron chi connectivity index (χ3n) is 5.93. The van der Waals surface area contributed by atoms with E-state index in [-0.39, 0.29) is 11.7 Å². The number of aliphatic hydroxyl groups is 1. The van der Waals surface area contributed by atoms with Crippen molar-refractivity contribution in [2.45, 2.75) is 38.5 Å². The Bertz CT molecular complexity index is 1220. The van der Waals surface area contributed by atoms with E-state index >= 15 is 0 Å². The van der Waals surface area contributed by atoms with Crippen molar-refractivity contribution < 1.29 is 14.6 Å². The Kier molecular flexibility index (Phi) is 7.40. The fourth-order valence-electron chi connectivity index (χ4n) is 4.02. The molecule has 1 amide bonds. The Hall–Kier alpha value is -3.90. The van der Waals surface area contributed by atoms with Crippen molar-refractivity contribution in [1.82, 2.24) is 9.55 Å². The van der Waals surface area contributed by atoms with Crippen LogP contribution in [-0.2, 0) is 13.0 Å². The molecule has 0 spiro atoms. The number of aryl methyl sites for hydroxylation is 1. The molecule has 1 heterocycles. The van der Waals surface area contributed by atoms with Gasteiger partial charge in [-0.3, -0.25) is 4.79 Å². The van der Waals surface area contributed by atoms with E-state index in [1.807, 2.05) is 42.5 Å². The molecule has 4 rings (SSSR count). The molecule has 6 heteroatoms. The molecule has 3 N–H and O–H groups in total. The van der Waals surface area contributed by atoms with Gasteiger partial charge in [-0.25, -0.2) is 4.98 Å². The van der Waals surface area contributed by atoms with Gasteiger partial charge in [0.25, 0.3) is 5.91 Å². The van der Waals surface area contributed by atoms with Crippen molar-refractivity contribution >= 4 is 5.91 Å². The summed E-state index contributed by atoms with van der Waals surface area (Å²) in [5, 5.41) is 10.3. The van der Waals surface area contributed by atoms with Gasteiger partial charge in [-0.05, 0) is 48.1 Å². The Balaban J connectivity index is 1.40. The summed E-state index contributed by atoms with van der Waals surface area (Å²) >= 11 is 0. The van der Waals surface area contributed by atoms with Crippen LogP contribution in [0.25, 0.3) is 11.1 Å². The van der Waals surface area contributed by atoms with Gasteiger partial charge in [-0.15, -0.1) is 0 Å². The van der Waals surface area contributed by atoms with E-state index in [1.54, 1.807) is 24.0 Å². The molecule has 0 bridgehead atoms. The number of nitrogens with zero attached hydrogens (tertiary/aromatic N) is 2. The van der Waals surface area contributed by atoms with E-state index < -0.39 is 12.0 Å². The highest BCUT2D eigenvalue weighted by atomic mass is 16.5. The number of amides is 1. The van der Waals surface area contributed by atoms with Crippen LogP contribution in [0.5, 0.6) is 5.75 Å². The van der Waals surface area contributed by atoms with E-state index in [1.165, 1.54) is 11.1 Å². The lowest BCUT2D eigenvalue weighted by molar-refractivity contribution is 0.0994. The fraction of sp³-hybridized carbons (Fsp3) is 0.214. The van der Waals surface area contributed by atoms with Crippen molar-refractivity contribution in [3.8, 4) is 16.9 Å². The SMILES string of the molecule is C[C@H](O)[C@@H](CCc1ccccc1OCc1ccc(-c2ccccc2)cc1)n1cnc(C(N)=O)c1. The maximum atomic E-state index is 11.4. The number of primary amides is 1. The predicted octanol–water partition coefficient (Wildman–Crippen LogP) is 4.78. The molecule has 0 radical (unpaired) electrons. The van der Waals surface area contributed by atoms with Gasteiger partial charge in [0.15, 0.2) is 0 Å². The standard InChI is InChI=1S/C28H29N3O3/c1-20(32)26(31-17-25(28(29)33)30-19-31)16-15-24-9-5-6-10-27(24)34-18-21-11-13-23(14-12-21)22-7-3-2-4-8-22/h2-14,17,19-20,26,32H,15-16,18H2,1H3,(H2,29,33)/t20-,26+/m0/s1. The average molecular weight is 456 g/mol. The van der Waals surface area contributed by atoms with Gasteiger partial charge in [-0.2, -0.15) is 0 Å². The van der Waals surface area contributed by atoms with Crippen LogP contribution >= 0.6 is 0 Å². The van der Waals surface area contributed by atoms with Crippen molar-refractivity contribution in [1.29, 1.82) is 0 Å². The molecule has 0 aliphatic rings. The van der Waals surface area contributed by atoms with Gasteiger partial charge < -0.3 is 20.1 Å². The molecule has 4 aromatic rings. The zero-order valence-corrected chi connectivity index (χ0v) is 19.2. The van der Waals surface area contributed by atoms with Gasteiger partial charge in [0.1, 0.15) is 18.1 Å². The van der Waals surface area contributed by atoms with Crippen molar-refractivity contribution in [2.75, 3.05) is 0 Å². The van der Waals surface area contributed by atoms with Crippen LogP contribution < -0.4 is 10.5 Å². The van der Waals surface area contributed by atoms with Crippen molar-refractivity contribution in [2.24, 2.45) is 5.73 Å². The van der Waals surface area contributed by atoms with Crippen LogP contribution in [0.3, 0.4) is 0 Å². The van der Waals surface area contributed by atoms with Crippen LogP contribution in [-0.4, -0.2) is 26.7 Å². The maximum absolute atomic E-state index is 11.4. The Labute approximate surface area is 199 Å². The van der Waals surface area contributed by atoms with Gasteiger partial charge in [0.2, 0.25) is 0 Å². The van der Waals surface area contributed by atoms with Crippen LogP contribution in [0, 0.1) is 0 Å². The summed E-state index contributed by atoms with van der Waals surface area (Å²) in [7, 11) is 0. The monoisotopic (exact) mass is 455 g/mol. The van der Waals surface area contributed by atoms with Gasteiger partial charge >= 0.3 is 0 Å². The minimum atomic E-state index is -0.619. The zero-order chi connectivity index (χ0) is 23.9. The summed E-state index contributed by atoms with van der Waals surface area (Å²) in [6, 6.07) is 26.4. The number of hydrogen-bond donors (Lipinski definition) is 2. The van der Waals surface area contributed by atoms with Crippen LogP contribution in [0.2, 0.25) is 0 Å². The number of nitrogens with two attached hydrogens (primary N) is 1. The highest BCUT2D eigenvalue weighted by Gasteiger charge is 2.19. The van der Waals surface area contributed by atoms with E-state index in [4.69, 9.17) is 10.5 Å². The van der Waals surface area contributed by atoms with E-state index in [0.717, 1.165) is 16.9 Å². The summed E-state index contributed by atoms with van der Waals surface area (Å²) in [5.74, 6) is 0.237. The molecule has 0 saturated carbocycles. The third-order valence-corrected chi connectivity index (χ3v) is 5.93. The largest absolute Gasteiger partial charge is 0.489 e. The molecule has 6 nitrogen and oxygen atoms in total. The minimum Gasteiger partial charge on any atom is -0.489 e. The van der Waals surface area contributed by atoms with Gasteiger partial charge in [0, 0.05) is 6.20 Å². The molecular weight excluding hydrogens is 426 g/mol. The smallest absolute Gasteiger partial charge is 0.268 e. The summed E-state index contributed by atoms with van der Waals surface area (Å²) < 4.78 is 7.91. The average Bonchev–Trinajstić information content (AvgIpc) is 3.34.